The molecule has 16 heavy (non-hydrogen) atoms. The Morgan fingerprint density at radius 3 is 2.44 bits per heavy atom. The summed E-state index contributed by atoms with van der Waals surface area (Å²) in [5.74, 6) is -0.0448. The Morgan fingerprint density at radius 1 is 1.31 bits per heavy atom. The molecule has 1 atom stereocenters. The average molecular weight is 221 g/mol. The first-order valence-corrected chi connectivity index (χ1v) is 5.11. The highest BCUT2D eigenvalue weighted by atomic mass is 16.5. The molecule has 0 fully saturated rings. The van der Waals surface area contributed by atoms with E-state index in [9.17, 15) is 9.59 Å². The monoisotopic (exact) mass is 221 g/mol. The predicted octanol–water partition coefficient (Wildman–Crippen LogP) is 2.06. The fourth-order valence-electron chi connectivity index (χ4n) is 1.38. The molecule has 4 nitrogen and oxygen atoms in total. The lowest BCUT2D eigenvalue weighted by molar-refractivity contribution is -0.120. The van der Waals surface area contributed by atoms with E-state index in [1.54, 1.807) is 19.1 Å². The third-order valence-corrected chi connectivity index (χ3v) is 2.25. The number of rotatable bonds is 4. The minimum Gasteiger partial charge on any atom is -0.453 e. The van der Waals surface area contributed by atoms with Gasteiger partial charge in [0, 0.05) is 6.42 Å². The molecular weight excluding hydrogens is 206 g/mol. The van der Waals surface area contributed by atoms with Gasteiger partial charge in [-0.25, -0.2) is 4.79 Å². The number of Topliss-reactive ketones (excluding diaryl/α,β-unsaturated/α-hetero) is 1. The SMILES string of the molecule is CCC(=O)C(NC(=O)OC)c1ccccc1. The molecule has 1 aromatic carbocycles. The molecule has 0 aliphatic rings. The number of benzene rings is 1. The van der Waals surface area contributed by atoms with Crippen molar-refractivity contribution in [1.82, 2.24) is 5.32 Å². The summed E-state index contributed by atoms with van der Waals surface area (Å²) in [6.45, 7) is 1.76. The lowest BCUT2D eigenvalue weighted by atomic mass is 10.0. The largest absolute Gasteiger partial charge is 0.453 e. The summed E-state index contributed by atoms with van der Waals surface area (Å²) in [5.41, 5.74) is 0.764. The van der Waals surface area contributed by atoms with Crippen LogP contribution in [0, 0.1) is 0 Å². The van der Waals surface area contributed by atoms with E-state index in [2.05, 4.69) is 10.1 Å². The predicted molar refractivity (Wildman–Crippen MR) is 60.0 cm³/mol. The smallest absolute Gasteiger partial charge is 0.407 e. The number of nitrogens with one attached hydrogen (secondary N) is 1. The zero-order valence-electron chi connectivity index (χ0n) is 9.40. The van der Waals surface area contributed by atoms with Gasteiger partial charge < -0.3 is 10.1 Å². The molecule has 1 N–H and O–H groups in total. The van der Waals surface area contributed by atoms with Crippen LogP contribution in [0.2, 0.25) is 0 Å². The quantitative estimate of drug-likeness (QED) is 0.846. The molecule has 1 amide bonds. The Labute approximate surface area is 94.6 Å². The topological polar surface area (TPSA) is 55.4 Å². The van der Waals surface area contributed by atoms with Crippen LogP contribution in [0.15, 0.2) is 30.3 Å². The van der Waals surface area contributed by atoms with Crippen molar-refractivity contribution in [2.75, 3.05) is 7.11 Å². The first-order chi connectivity index (χ1) is 7.69. The molecule has 86 valence electrons. The van der Waals surface area contributed by atoms with Crippen molar-refractivity contribution in [2.24, 2.45) is 0 Å². The molecule has 0 aliphatic heterocycles. The number of alkyl carbamates (subject to hydrolysis) is 1. The van der Waals surface area contributed by atoms with Crippen molar-refractivity contribution in [3.63, 3.8) is 0 Å². The van der Waals surface area contributed by atoms with Crippen LogP contribution in [-0.2, 0) is 9.53 Å². The molecule has 0 bridgehead atoms. The average Bonchev–Trinajstić information content (AvgIpc) is 2.35. The molecule has 4 heteroatoms. The normalized spacial score (nSPS) is 11.6. The number of hydrogen-bond donors (Lipinski definition) is 1. The van der Waals surface area contributed by atoms with Crippen molar-refractivity contribution < 1.29 is 14.3 Å². The van der Waals surface area contributed by atoms with E-state index in [0.717, 1.165) is 5.56 Å². The van der Waals surface area contributed by atoms with Gasteiger partial charge in [-0.1, -0.05) is 37.3 Å². The van der Waals surface area contributed by atoms with Crippen LogP contribution in [0.1, 0.15) is 24.9 Å². The number of carbonyl (C=O) groups excluding carboxylic acids is 2. The highest BCUT2D eigenvalue weighted by Gasteiger charge is 2.20. The minimum absolute atomic E-state index is 0.0448. The molecule has 1 aromatic rings. The van der Waals surface area contributed by atoms with E-state index in [-0.39, 0.29) is 5.78 Å². The van der Waals surface area contributed by atoms with Gasteiger partial charge in [0.15, 0.2) is 5.78 Å². The van der Waals surface area contributed by atoms with Crippen molar-refractivity contribution >= 4 is 11.9 Å². The van der Waals surface area contributed by atoms with E-state index in [0.29, 0.717) is 6.42 Å². The Kier molecular flexibility index (Phi) is 4.51. The number of carbonyl (C=O) groups is 2. The molecule has 1 rings (SSSR count). The number of ketones is 1. The van der Waals surface area contributed by atoms with Gasteiger partial charge >= 0.3 is 6.09 Å². The third-order valence-electron chi connectivity index (χ3n) is 2.25. The molecule has 0 heterocycles. The third kappa shape index (κ3) is 3.08. The minimum atomic E-state index is -0.626. The summed E-state index contributed by atoms with van der Waals surface area (Å²) >= 11 is 0. The summed E-state index contributed by atoms with van der Waals surface area (Å²) < 4.78 is 4.49. The lowest BCUT2D eigenvalue weighted by Gasteiger charge is -2.16. The second-order valence-electron chi connectivity index (χ2n) is 3.30. The molecular formula is C12H15NO3. The Bertz CT molecular complexity index is 362. The van der Waals surface area contributed by atoms with E-state index < -0.39 is 12.1 Å². The fourth-order valence-corrected chi connectivity index (χ4v) is 1.38. The van der Waals surface area contributed by atoms with E-state index in [1.807, 2.05) is 18.2 Å². The van der Waals surface area contributed by atoms with Crippen molar-refractivity contribution in [2.45, 2.75) is 19.4 Å². The van der Waals surface area contributed by atoms with E-state index in [4.69, 9.17) is 0 Å². The van der Waals surface area contributed by atoms with E-state index >= 15 is 0 Å². The summed E-state index contributed by atoms with van der Waals surface area (Å²) in [6.07, 6.45) is -0.237. The Hall–Kier alpha value is -1.84. The molecule has 0 saturated carbocycles. The van der Waals surface area contributed by atoms with Crippen LogP contribution in [0.4, 0.5) is 4.79 Å². The van der Waals surface area contributed by atoms with Crippen LogP contribution in [0.25, 0.3) is 0 Å². The van der Waals surface area contributed by atoms with Crippen molar-refractivity contribution in [1.29, 1.82) is 0 Å². The number of hydrogen-bond acceptors (Lipinski definition) is 3. The van der Waals surface area contributed by atoms with Crippen LogP contribution in [0.3, 0.4) is 0 Å². The first-order valence-electron chi connectivity index (χ1n) is 5.11. The van der Waals surface area contributed by atoms with Gasteiger partial charge in [0.25, 0.3) is 0 Å². The lowest BCUT2D eigenvalue weighted by Crippen LogP contribution is -2.33. The van der Waals surface area contributed by atoms with Crippen molar-refractivity contribution in [3.05, 3.63) is 35.9 Å². The van der Waals surface area contributed by atoms with Gasteiger partial charge in [0.2, 0.25) is 0 Å². The van der Waals surface area contributed by atoms with Crippen LogP contribution < -0.4 is 5.32 Å². The maximum Gasteiger partial charge on any atom is 0.407 e. The maximum atomic E-state index is 11.7. The Morgan fingerprint density at radius 2 is 1.94 bits per heavy atom. The fraction of sp³-hybridized carbons (Fsp3) is 0.333. The summed E-state index contributed by atoms with van der Waals surface area (Å²) in [6, 6.07) is 8.48. The molecule has 0 aliphatic carbocycles. The summed E-state index contributed by atoms with van der Waals surface area (Å²) in [5, 5.41) is 2.52. The second kappa shape index (κ2) is 5.90. The van der Waals surface area contributed by atoms with Crippen LogP contribution in [-0.4, -0.2) is 19.0 Å². The van der Waals surface area contributed by atoms with Gasteiger partial charge in [-0.3, -0.25) is 4.79 Å². The molecule has 0 spiro atoms. The summed E-state index contributed by atoms with van der Waals surface area (Å²) in [7, 11) is 1.27. The maximum absolute atomic E-state index is 11.7. The molecule has 0 radical (unpaired) electrons. The molecule has 0 saturated heterocycles. The van der Waals surface area contributed by atoms with Gasteiger partial charge in [-0.15, -0.1) is 0 Å². The first kappa shape index (κ1) is 12.2. The van der Waals surface area contributed by atoms with E-state index in [1.165, 1.54) is 7.11 Å². The zero-order valence-corrected chi connectivity index (χ0v) is 9.40. The van der Waals surface area contributed by atoms with Gasteiger partial charge in [0.05, 0.1) is 7.11 Å². The number of methoxy groups -OCH3 is 1. The zero-order chi connectivity index (χ0) is 12.0. The highest BCUT2D eigenvalue weighted by Crippen LogP contribution is 2.15. The van der Waals surface area contributed by atoms with Gasteiger partial charge in [-0.2, -0.15) is 0 Å². The summed E-state index contributed by atoms with van der Waals surface area (Å²) in [4.78, 5) is 22.8. The van der Waals surface area contributed by atoms with Crippen molar-refractivity contribution in [3.8, 4) is 0 Å². The molecule has 1 unspecified atom stereocenters. The van der Waals surface area contributed by atoms with Gasteiger partial charge in [0.1, 0.15) is 6.04 Å². The van der Waals surface area contributed by atoms with Gasteiger partial charge in [-0.05, 0) is 5.56 Å². The highest BCUT2D eigenvalue weighted by molar-refractivity contribution is 5.88. The number of amides is 1. The van der Waals surface area contributed by atoms with Crippen LogP contribution in [0.5, 0.6) is 0 Å². The molecule has 0 aromatic heterocycles. The second-order valence-corrected chi connectivity index (χ2v) is 3.30. The van der Waals surface area contributed by atoms with Crippen LogP contribution >= 0.6 is 0 Å². The Balaban J connectivity index is 2.88. The number of ether oxygens (including phenoxy) is 1. The standard InChI is InChI=1S/C12H15NO3/c1-3-10(14)11(13-12(15)16-2)9-7-5-4-6-8-9/h4-8,11H,3H2,1-2H3,(H,13,15).